The van der Waals surface area contributed by atoms with E-state index in [0.29, 0.717) is 35.0 Å². The van der Waals surface area contributed by atoms with Crippen molar-refractivity contribution in [3.63, 3.8) is 0 Å². The summed E-state index contributed by atoms with van der Waals surface area (Å²) in [5.41, 5.74) is 8.50. The predicted molar refractivity (Wildman–Crippen MR) is 280 cm³/mol. The SMILES string of the molecule is Cc1ncsc1-c1ccc([C@H](C)NC(=O)[C@@H]2C[C@@H](O)CN2C(=O)[C@@H](NC(=O)Cc2cccc(OC3CC(NC(=O)C[C@@H]4N=C(c5ccc(Cl)cc5)c5c(sc(C)c5C)-n5c(C)nnc54)C3)c2)C(C)(C)C)cc1. The number of benzene rings is 3. The number of aliphatic hydroxyl groups excluding tert-OH is 1. The molecule has 4 N–H and O–H groups in total. The summed E-state index contributed by atoms with van der Waals surface area (Å²) in [6.07, 6.45) is 0.311. The molecule has 15 nitrogen and oxygen atoms in total. The van der Waals surface area contributed by atoms with Crippen molar-refractivity contribution in [2.75, 3.05) is 6.54 Å². The molecule has 9 rings (SSSR count). The van der Waals surface area contributed by atoms with Crippen molar-refractivity contribution in [3.8, 4) is 21.2 Å². The number of fused-ring (bicyclic) bond motifs is 3. The number of aryl methyl sites for hydroxylation is 3. The number of aromatic nitrogens is 4. The Kier molecular flexibility index (Phi) is 14.6. The number of nitrogens with zero attached hydrogens (tertiary/aromatic N) is 6. The quantitative estimate of drug-likeness (QED) is 0.0832. The topological polar surface area (TPSA) is 193 Å². The number of carbonyl (C=O) groups is 4. The van der Waals surface area contributed by atoms with E-state index >= 15 is 0 Å². The Morgan fingerprint density at radius 2 is 1.64 bits per heavy atom. The van der Waals surface area contributed by atoms with Crippen LogP contribution in [0.15, 0.2) is 83.3 Å². The van der Waals surface area contributed by atoms with Crippen LogP contribution in [0.4, 0.5) is 0 Å². The van der Waals surface area contributed by atoms with Gasteiger partial charge in [0.25, 0.3) is 0 Å². The molecular formula is C54H60ClN9O6S2. The average Bonchev–Trinajstić information content (AvgIpc) is 4.09. The molecule has 0 bridgehead atoms. The maximum absolute atomic E-state index is 14.3. The minimum absolute atomic E-state index is 0.0187. The molecule has 1 saturated carbocycles. The van der Waals surface area contributed by atoms with E-state index in [1.165, 1.54) is 9.78 Å². The van der Waals surface area contributed by atoms with Crippen molar-refractivity contribution in [2.45, 2.75) is 130 Å². The molecule has 6 aromatic rings. The van der Waals surface area contributed by atoms with Crippen molar-refractivity contribution < 1.29 is 29.0 Å². The summed E-state index contributed by atoms with van der Waals surface area (Å²) in [5.74, 6) is 0.606. The monoisotopic (exact) mass is 1030 g/mol. The molecule has 3 aromatic heterocycles. The zero-order valence-electron chi connectivity index (χ0n) is 41.7. The number of nitrogens with one attached hydrogen (secondary N) is 3. The Bertz CT molecular complexity index is 3040. The lowest BCUT2D eigenvalue weighted by Crippen LogP contribution is -2.58. The van der Waals surface area contributed by atoms with Crippen molar-refractivity contribution >= 4 is 63.6 Å². The Morgan fingerprint density at radius 1 is 0.917 bits per heavy atom. The van der Waals surface area contributed by atoms with Crippen LogP contribution in [0, 0.1) is 33.1 Å². The highest BCUT2D eigenvalue weighted by atomic mass is 35.5. The van der Waals surface area contributed by atoms with E-state index in [1.807, 2.05) is 124 Å². The summed E-state index contributed by atoms with van der Waals surface area (Å²) in [4.78, 5) is 68.8. The predicted octanol–water partition coefficient (Wildman–Crippen LogP) is 8.26. The summed E-state index contributed by atoms with van der Waals surface area (Å²) in [6.45, 7) is 15.5. The summed E-state index contributed by atoms with van der Waals surface area (Å²) in [6, 6.07) is 19.9. The fourth-order valence-corrected chi connectivity index (χ4v) is 11.9. The summed E-state index contributed by atoms with van der Waals surface area (Å²) < 4.78 is 8.36. The van der Waals surface area contributed by atoms with Crippen LogP contribution >= 0.6 is 34.3 Å². The molecule has 2 aliphatic heterocycles. The van der Waals surface area contributed by atoms with E-state index in [-0.39, 0.29) is 61.7 Å². The molecule has 4 amide bonds. The lowest BCUT2D eigenvalue weighted by Gasteiger charge is -2.36. The molecule has 3 aliphatic rings. The second kappa shape index (κ2) is 20.7. The van der Waals surface area contributed by atoms with Gasteiger partial charge in [0.1, 0.15) is 40.8 Å². The van der Waals surface area contributed by atoms with Crippen LogP contribution in [0.1, 0.15) is 115 Å². The van der Waals surface area contributed by atoms with Crippen molar-refractivity contribution in [3.05, 3.63) is 133 Å². The van der Waals surface area contributed by atoms with E-state index in [9.17, 15) is 24.3 Å². The minimum Gasteiger partial charge on any atom is -0.490 e. The van der Waals surface area contributed by atoms with Crippen molar-refractivity contribution in [1.82, 2.24) is 40.6 Å². The van der Waals surface area contributed by atoms with Gasteiger partial charge in [0.15, 0.2) is 5.82 Å². The number of hydrogen-bond acceptors (Lipinski definition) is 12. The van der Waals surface area contributed by atoms with Gasteiger partial charge >= 0.3 is 0 Å². The number of hydrogen-bond donors (Lipinski definition) is 4. The van der Waals surface area contributed by atoms with Crippen LogP contribution < -0.4 is 20.7 Å². The lowest BCUT2D eigenvalue weighted by atomic mass is 9.85. The maximum atomic E-state index is 14.3. The third-order valence-electron chi connectivity index (χ3n) is 13.8. The molecule has 3 aromatic carbocycles. The second-order valence-electron chi connectivity index (χ2n) is 20.3. The van der Waals surface area contributed by atoms with Crippen LogP contribution in [0.2, 0.25) is 5.02 Å². The first-order valence-corrected chi connectivity index (χ1v) is 26.4. The number of halogens is 1. The Balaban J connectivity index is 0.787. The molecule has 72 heavy (non-hydrogen) atoms. The molecule has 18 heteroatoms. The zero-order valence-corrected chi connectivity index (χ0v) is 44.0. The van der Waals surface area contributed by atoms with E-state index in [4.69, 9.17) is 21.3 Å². The van der Waals surface area contributed by atoms with Gasteiger partial charge in [-0.2, -0.15) is 0 Å². The molecule has 2 fully saturated rings. The standard InChI is InChI=1S/C54H60ClN9O6S2/c1-28-31(4)72-53-46(28)47(35-16-18-37(55)19-17-35)59-42(50-62-61-32(5)64(50)53)25-45(67)58-38-22-41(23-38)70-40-11-9-10-33(20-40)21-44(66)60-49(54(6,7)8)52(69)63-26-39(65)24-43(63)51(68)57-29(2)34-12-14-36(15-13-34)48-30(3)56-27-71-48/h9-20,27,29,38-39,41-43,49,65H,21-26H2,1-8H3,(H,57,68)(H,58,67)(H,60,66)/t29-,38?,39+,41?,42-,43-,49+/m0/s1. The van der Waals surface area contributed by atoms with Gasteiger partial charge in [-0.3, -0.25) is 28.7 Å². The van der Waals surface area contributed by atoms with E-state index < -0.39 is 35.6 Å². The maximum Gasteiger partial charge on any atom is 0.246 e. The molecule has 0 radical (unpaired) electrons. The number of aliphatic imine (C=N–C) groups is 1. The van der Waals surface area contributed by atoms with Gasteiger partial charge in [-0.1, -0.05) is 80.9 Å². The van der Waals surface area contributed by atoms with Gasteiger partial charge in [0.05, 0.1) is 46.8 Å². The van der Waals surface area contributed by atoms with Crippen LogP contribution in [0.5, 0.6) is 5.75 Å². The molecule has 0 spiro atoms. The molecular weight excluding hydrogens is 970 g/mol. The number of thiophene rings is 1. The summed E-state index contributed by atoms with van der Waals surface area (Å²) in [5, 5.41) is 30.5. The van der Waals surface area contributed by atoms with Gasteiger partial charge in [0.2, 0.25) is 23.6 Å². The summed E-state index contributed by atoms with van der Waals surface area (Å²) in [7, 11) is 0. The number of likely N-dealkylation sites (tertiary alicyclic amines) is 1. The van der Waals surface area contributed by atoms with Gasteiger partial charge in [-0.05, 0) is 86.6 Å². The highest BCUT2D eigenvalue weighted by Crippen LogP contribution is 2.40. The molecule has 5 heterocycles. The van der Waals surface area contributed by atoms with Crippen LogP contribution in [0.25, 0.3) is 15.4 Å². The number of aliphatic hydroxyl groups is 1. The minimum atomic E-state index is -0.975. The molecule has 1 saturated heterocycles. The molecule has 5 atom stereocenters. The Morgan fingerprint density at radius 3 is 2.33 bits per heavy atom. The second-order valence-corrected chi connectivity index (χ2v) is 22.8. The Hall–Kier alpha value is -6.27. The van der Waals surface area contributed by atoms with Crippen LogP contribution in [-0.2, 0) is 25.6 Å². The lowest BCUT2D eigenvalue weighted by molar-refractivity contribution is -0.144. The number of amides is 4. The number of carbonyl (C=O) groups excluding carboxylic acids is 4. The third kappa shape index (κ3) is 10.8. The highest BCUT2D eigenvalue weighted by molar-refractivity contribution is 7.15. The first-order chi connectivity index (χ1) is 34.3. The van der Waals surface area contributed by atoms with E-state index in [1.54, 1.807) is 22.7 Å². The zero-order chi connectivity index (χ0) is 51.2. The molecule has 0 unspecified atom stereocenters. The Labute approximate surface area is 432 Å². The highest BCUT2D eigenvalue weighted by Gasteiger charge is 2.45. The first kappa shape index (κ1) is 50.7. The van der Waals surface area contributed by atoms with E-state index in [0.717, 1.165) is 54.9 Å². The number of rotatable bonds is 14. The third-order valence-corrected chi connectivity index (χ3v) is 16.2. The fraction of sp³-hybridized carbons (Fsp3) is 0.407. The number of thiazole rings is 1. The van der Waals surface area contributed by atoms with Crippen molar-refractivity contribution in [1.29, 1.82) is 0 Å². The van der Waals surface area contributed by atoms with Crippen LogP contribution in [0.3, 0.4) is 0 Å². The number of β-amino-alcohol motifs (C(OH)–C–C–N with tert-alkyl or cyclic N) is 1. The van der Waals surface area contributed by atoms with Gasteiger partial charge in [-0.25, -0.2) is 4.98 Å². The normalized spacial score (nSPS) is 20.3. The fourth-order valence-electron chi connectivity index (χ4n) is 9.71. The van der Waals surface area contributed by atoms with E-state index in [2.05, 4.69) is 45.0 Å². The average molecular weight is 1030 g/mol. The van der Waals surface area contributed by atoms with Gasteiger partial charge < -0.3 is 30.7 Å². The number of ether oxygens (including phenoxy) is 1. The van der Waals surface area contributed by atoms with Crippen molar-refractivity contribution in [2.24, 2.45) is 10.4 Å². The molecule has 376 valence electrons. The van der Waals surface area contributed by atoms with Gasteiger partial charge in [-0.15, -0.1) is 32.9 Å². The molecule has 1 aliphatic carbocycles. The largest absolute Gasteiger partial charge is 0.490 e. The van der Waals surface area contributed by atoms with Crippen LogP contribution in [-0.4, -0.2) is 96.0 Å². The summed E-state index contributed by atoms with van der Waals surface area (Å²) >= 11 is 9.51. The van der Waals surface area contributed by atoms with Gasteiger partial charge in [0, 0.05) is 52.9 Å². The smallest absolute Gasteiger partial charge is 0.246 e. The first-order valence-electron chi connectivity index (χ1n) is 24.3.